The van der Waals surface area contributed by atoms with Crippen LogP contribution in [0.5, 0.6) is 0 Å². The standard InChI is InChI=1S/C15H19N3/c1-2-16-10-13-9-11-5-3-4-6-14(11)15(18-13)17-12-7-8-12/h3-6,9,12,16H,2,7-8,10H2,1H3,(H,17,18). The fraction of sp³-hybridized carbons (Fsp3) is 0.400. The molecule has 0 radical (unpaired) electrons. The SMILES string of the molecule is CCNCc1cc2ccccc2c(NC2CC2)n1. The summed E-state index contributed by atoms with van der Waals surface area (Å²) >= 11 is 0. The van der Waals surface area contributed by atoms with E-state index in [9.17, 15) is 0 Å². The van der Waals surface area contributed by atoms with Gasteiger partial charge in [-0.3, -0.25) is 0 Å². The van der Waals surface area contributed by atoms with Crippen molar-refractivity contribution in [1.82, 2.24) is 10.3 Å². The fourth-order valence-electron chi connectivity index (χ4n) is 2.13. The minimum atomic E-state index is 0.635. The Hall–Kier alpha value is -1.61. The summed E-state index contributed by atoms with van der Waals surface area (Å²) in [4.78, 5) is 4.74. The van der Waals surface area contributed by atoms with Crippen LogP contribution in [0.1, 0.15) is 25.5 Å². The van der Waals surface area contributed by atoms with E-state index in [1.807, 2.05) is 0 Å². The zero-order valence-electron chi connectivity index (χ0n) is 10.7. The molecular weight excluding hydrogens is 222 g/mol. The first-order chi connectivity index (χ1) is 8.86. The van der Waals surface area contributed by atoms with Crippen molar-refractivity contribution in [3.8, 4) is 0 Å². The monoisotopic (exact) mass is 241 g/mol. The first kappa shape index (κ1) is 11.5. The van der Waals surface area contributed by atoms with Gasteiger partial charge < -0.3 is 10.6 Å². The molecule has 1 aromatic heterocycles. The van der Waals surface area contributed by atoms with Gasteiger partial charge in [-0.15, -0.1) is 0 Å². The highest BCUT2D eigenvalue weighted by Gasteiger charge is 2.22. The molecule has 1 saturated carbocycles. The summed E-state index contributed by atoms with van der Waals surface area (Å²) in [6, 6.07) is 11.3. The number of hydrogen-bond donors (Lipinski definition) is 2. The highest BCUT2D eigenvalue weighted by Crippen LogP contribution is 2.28. The Bertz CT molecular complexity index is 546. The van der Waals surface area contributed by atoms with Crippen molar-refractivity contribution in [2.45, 2.75) is 32.4 Å². The van der Waals surface area contributed by atoms with Crippen LogP contribution in [0.4, 0.5) is 5.82 Å². The van der Waals surface area contributed by atoms with E-state index < -0.39 is 0 Å². The number of nitrogens with one attached hydrogen (secondary N) is 2. The third-order valence-corrected chi connectivity index (χ3v) is 3.27. The lowest BCUT2D eigenvalue weighted by atomic mass is 10.1. The molecule has 1 aromatic carbocycles. The zero-order valence-corrected chi connectivity index (χ0v) is 10.7. The number of fused-ring (bicyclic) bond motifs is 1. The van der Waals surface area contributed by atoms with E-state index >= 15 is 0 Å². The molecule has 0 bridgehead atoms. The van der Waals surface area contributed by atoms with Crippen molar-refractivity contribution in [3.05, 3.63) is 36.0 Å². The van der Waals surface area contributed by atoms with Crippen LogP contribution in [0.25, 0.3) is 10.8 Å². The van der Waals surface area contributed by atoms with E-state index in [-0.39, 0.29) is 0 Å². The Morgan fingerprint density at radius 2 is 2.11 bits per heavy atom. The predicted octanol–water partition coefficient (Wildman–Crippen LogP) is 2.92. The minimum absolute atomic E-state index is 0.635. The number of anilines is 1. The lowest BCUT2D eigenvalue weighted by Gasteiger charge is -2.11. The van der Waals surface area contributed by atoms with Gasteiger partial charge in [-0.1, -0.05) is 31.2 Å². The van der Waals surface area contributed by atoms with Crippen LogP contribution in [0.3, 0.4) is 0 Å². The molecular formula is C15H19N3. The van der Waals surface area contributed by atoms with Gasteiger partial charge in [0, 0.05) is 18.0 Å². The summed E-state index contributed by atoms with van der Waals surface area (Å²) in [5, 5.41) is 9.37. The van der Waals surface area contributed by atoms with Crippen LogP contribution in [0.15, 0.2) is 30.3 Å². The van der Waals surface area contributed by atoms with Crippen LogP contribution >= 0.6 is 0 Å². The molecule has 3 rings (SSSR count). The lowest BCUT2D eigenvalue weighted by molar-refractivity contribution is 0.712. The van der Waals surface area contributed by atoms with Gasteiger partial charge in [-0.2, -0.15) is 0 Å². The lowest BCUT2D eigenvalue weighted by Crippen LogP contribution is -2.14. The molecule has 0 saturated heterocycles. The molecule has 0 atom stereocenters. The van der Waals surface area contributed by atoms with Gasteiger partial charge >= 0.3 is 0 Å². The predicted molar refractivity (Wildman–Crippen MR) is 75.8 cm³/mol. The number of hydrogen-bond acceptors (Lipinski definition) is 3. The molecule has 0 amide bonds. The largest absolute Gasteiger partial charge is 0.367 e. The average Bonchev–Trinajstić information content (AvgIpc) is 3.20. The number of rotatable bonds is 5. The molecule has 1 fully saturated rings. The Morgan fingerprint density at radius 1 is 1.28 bits per heavy atom. The topological polar surface area (TPSA) is 37.0 Å². The minimum Gasteiger partial charge on any atom is -0.367 e. The van der Waals surface area contributed by atoms with Gasteiger partial charge in [0.25, 0.3) is 0 Å². The molecule has 3 heteroatoms. The van der Waals surface area contributed by atoms with Gasteiger partial charge in [-0.25, -0.2) is 4.98 Å². The number of aromatic nitrogens is 1. The molecule has 2 N–H and O–H groups in total. The molecule has 3 nitrogen and oxygen atoms in total. The molecule has 1 heterocycles. The Morgan fingerprint density at radius 3 is 2.89 bits per heavy atom. The summed E-state index contributed by atoms with van der Waals surface area (Å²) < 4.78 is 0. The normalized spacial score (nSPS) is 14.9. The highest BCUT2D eigenvalue weighted by molar-refractivity contribution is 5.92. The van der Waals surface area contributed by atoms with Crippen molar-refractivity contribution < 1.29 is 0 Å². The zero-order chi connectivity index (χ0) is 12.4. The smallest absolute Gasteiger partial charge is 0.134 e. The second-order valence-electron chi connectivity index (χ2n) is 4.88. The van der Waals surface area contributed by atoms with E-state index in [1.54, 1.807) is 0 Å². The molecule has 0 unspecified atom stereocenters. The Labute approximate surface area is 108 Å². The maximum Gasteiger partial charge on any atom is 0.134 e. The molecule has 94 valence electrons. The van der Waals surface area contributed by atoms with Crippen molar-refractivity contribution in [2.75, 3.05) is 11.9 Å². The highest BCUT2D eigenvalue weighted by atomic mass is 15.0. The van der Waals surface area contributed by atoms with E-state index in [4.69, 9.17) is 4.98 Å². The van der Waals surface area contributed by atoms with Gasteiger partial charge in [0.1, 0.15) is 5.82 Å². The van der Waals surface area contributed by atoms with Gasteiger partial charge in [0.2, 0.25) is 0 Å². The van der Waals surface area contributed by atoms with Crippen LogP contribution in [0, 0.1) is 0 Å². The number of benzene rings is 1. The van der Waals surface area contributed by atoms with E-state index in [1.165, 1.54) is 23.6 Å². The molecule has 2 aromatic rings. The molecule has 0 aliphatic heterocycles. The van der Waals surface area contributed by atoms with Gasteiger partial charge in [0.15, 0.2) is 0 Å². The second kappa shape index (κ2) is 4.94. The van der Waals surface area contributed by atoms with E-state index in [0.717, 1.165) is 24.6 Å². The van der Waals surface area contributed by atoms with Crippen LogP contribution in [0.2, 0.25) is 0 Å². The third-order valence-electron chi connectivity index (χ3n) is 3.27. The Kier molecular flexibility index (Phi) is 3.15. The first-order valence-electron chi connectivity index (χ1n) is 6.72. The summed E-state index contributed by atoms with van der Waals surface area (Å²) in [5.74, 6) is 1.04. The van der Waals surface area contributed by atoms with Crippen LogP contribution < -0.4 is 10.6 Å². The maximum atomic E-state index is 4.74. The van der Waals surface area contributed by atoms with E-state index in [2.05, 4.69) is 47.9 Å². The van der Waals surface area contributed by atoms with Crippen molar-refractivity contribution in [3.63, 3.8) is 0 Å². The molecule has 18 heavy (non-hydrogen) atoms. The van der Waals surface area contributed by atoms with Crippen LogP contribution in [-0.4, -0.2) is 17.6 Å². The second-order valence-corrected chi connectivity index (χ2v) is 4.88. The van der Waals surface area contributed by atoms with Crippen LogP contribution in [-0.2, 0) is 6.54 Å². The van der Waals surface area contributed by atoms with Crippen molar-refractivity contribution in [2.24, 2.45) is 0 Å². The van der Waals surface area contributed by atoms with Crippen molar-refractivity contribution >= 4 is 16.6 Å². The molecule has 0 spiro atoms. The fourth-order valence-corrected chi connectivity index (χ4v) is 2.13. The quantitative estimate of drug-likeness (QED) is 0.845. The molecule has 1 aliphatic carbocycles. The summed E-state index contributed by atoms with van der Waals surface area (Å²) in [7, 11) is 0. The van der Waals surface area contributed by atoms with Crippen molar-refractivity contribution in [1.29, 1.82) is 0 Å². The summed E-state index contributed by atoms with van der Waals surface area (Å²) in [6.45, 7) is 3.92. The van der Waals surface area contributed by atoms with Gasteiger partial charge in [-0.05, 0) is 30.8 Å². The number of nitrogens with zero attached hydrogens (tertiary/aromatic N) is 1. The molecule has 1 aliphatic rings. The average molecular weight is 241 g/mol. The first-order valence-corrected chi connectivity index (χ1v) is 6.72. The third kappa shape index (κ3) is 2.46. The number of pyridine rings is 1. The van der Waals surface area contributed by atoms with Gasteiger partial charge in [0.05, 0.1) is 5.69 Å². The maximum absolute atomic E-state index is 4.74. The Balaban J connectivity index is 1.98. The summed E-state index contributed by atoms with van der Waals surface area (Å²) in [5.41, 5.74) is 1.11. The summed E-state index contributed by atoms with van der Waals surface area (Å²) in [6.07, 6.45) is 2.54. The van der Waals surface area contributed by atoms with E-state index in [0.29, 0.717) is 6.04 Å².